The normalized spacial score (nSPS) is 21.0. The topological polar surface area (TPSA) is 59.1 Å². The molecule has 2 heterocycles. The van der Waals surface area contributed by atoms with Crippen molar-refractivity contribution in [2.45, 2.75) is 26.4 Å². The van der Waals surface area contributed by atoms with Gasteiger partial charge in [-0.2, -0.15) is 0 Å². The minimum absolute atomic E-state index is 0.0643. The van der Waals surface area contributed by atoms with Crippen molar-refractivity contribution in [1.82, 2.24) is 4.90 Å². The highest BCUT2D eigenvalue weighted by molar-refractivity contribution is 6.00. The summed E-state index contributed by atoms with van der Waals surface area (Å²) in [5, 5.41) is 0. The Morgan fingerprint density at radius 1 is 1.30 bits per heavy atom. The summed E-state index contributed by atoms with van der Waals surface area (Å²) in [5.41, 5.74) is 1.81. The van der Waals surface area contributed by atoms with Gasteiger partial charge in [-0.1, -0.05) is 6.07 Å². The first kappa shape index (κ1) is 15.8. The molecule has 0 spiro atoms. The molecule has 1 fully saturated rings. The molecule has 1 saturated heterocycles. The van der Waals surface area contributed by atoms with Crippen molar-refractivity contribution in [2.75, 3.05) is 37.7 Å². The Kier molecular flexibility index (Phi) is 4.52. The zero-order valence-electron chi connectivity index (χ0n) is 13.6. The fraction of sp³-hybridized carbons (Fsp3) is 0.529. The van der Waals surface area contributed by atoms with Crippen LogP contribution < -0.4 is 9.64 Å². The molecule has 0 saturated carbocycles. The summed E-state index contributed by atoms with van der Waals surface area (Å²) in [4.78, 5) is 28.2. The number of carbonyl (C=O) groups excluding carboxylic acids is 2. The minimum atomic E-state index is -0.524. The number of carbonyl (C=O) groups is 2. The number of fused-ring (bicyclic) bond motifs is 1. The van der Waals surface area contributed by atoms with Gasteiger partial charge in [0.25, 0.3) is 5.91 Å². The van der Waals surface area contributed by atoms with Crippen molar-refractivity contribution >= 4 is 17.5 Å². The van der Waals surface area contributed by atoms with E-state index in [1.54, 1.807) is 16.7 Å². The first-order valence-electron chi connectivity index (χ1n) is 8.00. The van der Waals surface area contributed by atoms with Gasteiger partial charge in [0.1, 0.15) is 5.75 Å². The predicted octanol–water partition coefficient (Wildman–Crippen LogP) is 1.36. The molecule has 1 atom stereocenters. The molecular formula is C17H22N2O4. The van der Waals surface area contributed by atoms with Crippen LogP contribution in [-0.2, 0) is 14.3 Å². The number of benzene rings is 1. The van der Waals surface area contributed by atoms with Crippen LogP contribution in [0, 0.1) is 6.92 Å². The molecule has 124 valence electrons. The van der Waals surface area contributed by atoms with Crippen LogP contribution in [-0.4, -0.2) is 55.7 Å². The Morgan fingerprint density at radius 2 is 2.04 bits per heavy atom. The molecular weight excluding hydrogens is 296 g/mol. The maximum Gasteiger partial charge on any atom is 0.267 e. The Balaban J connectivity index is 1.72. The second-order valence-corrected chi connectivity index (χ2v) is 5.96. The molecule has 6 heteroatoms. The fourth-order valence-electron chi connectivity index (χ4n) is 2.93. The summed E-state index contributed by atoms with van der Waals surface area (Å²) in [6.07, 6.45) is -0.213. The lowest BCUT2D eigenvalue weighted by atomic mass is 10.1. The van der Waals surface area contributed by atoms with E-state index in [1.807, 2.05) is 25.1 Å². The summed E-state index contributed by atoms with van der Waals surface area (Å²) in [7, 11) is 0. The summed E-state index contributed by atoms with van der Waals surface area (Å²) >= 11 is 0. The maximum atomic E-state index is 12.4. The Bertz CT molecular complexity index is 611. The molecule has 0 aromatic heterocycles. The van der Waals surface area contributed by atoms with Crippen molar-refractivity contribution in [3.63, 3.8) is 0 Å². The number of amides is 2. The lowest BCUT2D eigenvalue weighted by Crippen LogP contribution is -2.47. The summed E-state index contributed by atoms with van der Waals surface area (Å²) < 4.78 is 10.9. The van der Waals surface area contributed by atoms with Crippen LogP contribution in [0.1, 0.15) is 18.9 Å². The molecule has 2 aliphatic heterocycles. The Morgan fingerprint density at radius 3 is 2.78 bits per heavy atom. The summed E-state index contributed by atoms with van der Waals surface area (Å²) in [6, 6.07) is 5.77. The van der Waals surface area contributed by atoms with E-state index in [1.165, 1.54) is 0 Å². The van der Waals surface area contributed by atoms with Crippen molar-refractivity contribution in [1.29, 1.82) is 0 Å². The van der Waals surface area contributed by atoms with Crippen molar-refractivity contribution < 1.29 is 19.1 Å². The molecule has 1 aromatic rings. The van der Waals surface area contributed by atoms with Gasteiger partial charge in [0, 0.05) is 26.1 Å². The molecule has 6 nitrogen and oxygen atoms in total. The SMILES string of the molecule is Cc1ccc2c(c1)N(CCC(=O)N1CCOCC1)C(=O)C(C)O2. The van der Waals surface area contributed by atoms with Crippen LogP contribution in [0.5, 0.6) is 5.75 Å². The number of rotatable bonds is 3. The average Bonchev–Trinajstić information content (AvgIpc) is 2.56. The van der Waals surface area contributed by atoms with E-state index in [9.17, 15) is 9.59 Å². The average molecular weight is 318 g/mol. The van der Waals surface area contributed by atoms with Gasteiger partial charge in [-0.3, -0.25) is 9.59 Å². The van der Waals surface area contributed by atoms with Gasteiger partial charge in [-0.25, -0.2) is 0 Å². The minimum Gasteiger partial charge on any atom is -0.479 e. The first-order valence-corrected chi connectivity index (χ1v) is 8.00. The molecule has 2 aliphatic rings. The lowest BCUT2D eigenvalue weighted by molar-refractivity contribution is -0.135. The van der Waals surface area contributed by atoms with E-state index in [0.29, 0.717) is 45.0 Å². The third kappa shape index (κ3) is 3.32. The molecule has 0 N–H and O–H groups in total. The van der Waals surface area contributed by atoms with Crippen LogP contribution >= 0.6 is 0 Å². The van der Waals surface area contributed by atoms with Crippen molar-refractivity contribution in [3.05, 3.63) is 23.8 Å². The molecule has 2 amide bonds. The summed E-state index contributed by atoms with van der Waals surface area (Å²) in [6.45, 7) is 6.51. The number of nitrogens with zero attached hydrogens (tertiary/aromatic N) is 2. The number of morpholine rings is 1. The fourth-order valence-corrected chi connectivity index (χ4v) is 2.93. The van der Waals surface area contributed by atoms with Crippen LogP contribution in [0.3, 0.4) is 0 Å². The van der Waals surface area contributed by atoms with Gasteiger partial charge in [-0.05, 0) is 31.5 Å². The highest BCUT2D eigenvalue weighted by atomic mass is 16.5. The van der Waals surface area contributed by atoms with E-state index < -0.39 is 6.10 Å². The summed E-state index contributed by atoms with van der Waals surface area (Å²) in [5.74, 6) is 0.661. The molecule has 1 aromatic carbocycles. The molecule has 1 unspecified atom stereocenters. The van der Waals surface area contributed by atoms with E-state index in [-0.39, 0.29) is 11.8 Å². The Hall–Kier alpha value is -2.08. The van der Waals surface area contributed by atoms with Crippen molar-refractivity contribution in [2.24, 2.45) is 0 Å². The van der Waals surface area contributed by atoms with E-state index >= 15 is 0 Å². The zero-order valence-corrected chi connectivity index (χ0v) is 13.6. The van der Waals surface area contributed by atoms with Gasteiger partial charge in [0.15, 0.2) is 6.10 Å². The predicted molar refractivity (Wildman–Crippen MR) is 85.6 cm³/mol. The highest BCUT2D eigenvalue weighted by Gasteiger charge is 2.32. The van der Waals surface area contributed by atoms with E-state index in [0.717, 1.165) is 11.3 Å². The van der Waals surface area contributed by atoms with E-state index in [2.05, 4.69) is 0 Å². The zero-order chi connectivity index (χ0) is 16.4. The third-order valence-electron chi connectivity index (χ3n) is 4.24. The van der Waals surface area contributed by atoms with Crippen LogP contribution in [0.4, 0.5) is 5.69 Å². The molecule has 0 radical (unpaired) electrons. The van der Waals surface area contributed by atoms with Crippen molar-refractivity contribution in [3.8, 4) is 5.75 Å². The lowest BCUT2D eigenvalue weighted by Gasteiger charge is -2.34. The molecule has 0 aliphatic carbocycles. The number of hydrogen-bond donors (Lipinski definition) is 0. The Labute approximate surface area is 136 Å². The standard InChI is InChI=1S/C17H22N2O4/c1-12-3-4-15-14(11-12)19(17(21)13(2)23-15)6-5-16(20)18-7-9-22-10-8-18/h3-4,11,13H,5-10H2,1-2H3. The van der Waals surface area contributed by atoms with Gasteiger partial charge < -0.3 is 19.3 Å². The first-order chi connectivity index (χ1) is 11.1. The van der Waals surface area contributed by atoms with Crippen LogP contribution in [0.2, 0.25) is 0 Å². The van der Waals surface area contributed by atoms with E-state index in [4.69, 9.17) is 9.47 Å². The largest absolute Gasteiger partial charge is 0.479 e. The number of ether oxygens (including phenoxy) is 2. The second-order valence-electron chi connectivity index (χ2n) is 5.96. The maximum absolute atomic E-state index is 12.4. The number of aryl methyl sites for hydroxylation is 1. The van der Waals surface area contributed by atoms with Crippen LogP contribution in [0.25, 0.3) is 0 Å². The van der Waals surface area contributed by atoms with Gasteiger partial charge in [0.05, 0.1) is 18.9 Å². The quantitative estimate of drug-likeness (QED) is 0.844. The van der Waals surface area contributed by atoms with Gasteiger partial charge in [-0.15, -0.1) is 0 Å². The number of hydrogen-bond acceptors (Lipinski definition) is 4. The monoisotopic (exact) mass is 318 g/mol. The highest BCUT2D eigenvalue weighted by Crippen LogP contribution is 2.34. The second kappa shape index (κ2) is 6.58. The smallest absolute Gasteiger partial charge is 0.267 e. The molecule has 23 heavy (non-hydrogen) atoms. The molecule has 0 bridgehead atoms. The number of anilines is 1. The van der Waals surface area contributed by atoms with Gasteiger partial charge in [0.2, 0.25) is 5.91 Å². The third-order valence-corrected chi connectivity index (χ3v) is 4.24. The van der Waals surface area contributed by atoms with Gasteiger partial charge >= 0.3 is 0 Å². The molecule has 3 rings (SSSR count). The van der Waals surface area contributed by atoms with Crippen LogP contribution in [0.15, 0.2) is 18.2 Å².